The molecule has 6 N–H and O–H groups in total. The lowest BCUT2D eigenvalue weighted by atomic mass is 10.2. The molecule has 0 unspecified atom stereocenters. The smallest absolute Gasteiger partial charge is 0.248 e. The second-order valence-electron chi connectivity index (χ2n) is 5.08. The number of hydrogen-bond acceptors (Lipinski definition) is 5. The summed E-state index contributed by atoms with van der Waals surface area (Å²) in [7, 11) is -3.72. The third-order valence-electron chi connectivity index (χ3n) is 3.26. The number of benzene rings is 2. The van der Waals surface area contributed by atoms with Crippen LogP contribution in [0.25, 0.3) is 0 Å². The molecule has 25 heavy (non-hydrogen) atoms. The zero-order valence-corrected chi connectivity index (χ0v) is 14.0. The van der Waals surface area contributed by atoms with Crippen LogP contribution in [0.15, 0.2) is 53.4 Å². The van der Waals surface area contributed by atoms with Gasteiger partial charge in [-0.15, -0.1) is 0 Å². The summed E-state index contributed by atoms with van der Waals surface area (Å²) >= 11 is 0. The van der Waals surface area contributed by atoms with Crippen LogP contribution in [0.5, 0.6) is 5.75 Å². The number of nitrogens with one attached hydrogen (secondary N) is 2. The Morgan fingerprint density at radius 2 is 1.76 bits per heavy atom. The lowest BCUT2D eigenvalue weighted by molar-refractivity contribution is 0.1000. The monoisotopic (exact) mass is 362 g/mol. The number of nitrogens with two attached hydrogens (primary N) is 2. The Bertz CT molecular complexity index is 879. The molecule has 0 fully saturated rings. The van der Waals surface area contributed by atoms with Crippen molar-refractivity contribution in [3.05, 3.63) is 59.7 Å². The molecule has 8 nitrogen and oxygen atoms in total. The topological polar surface area (TPSA) is 148 Å². The molecule has 0 aliphatic heterocycles. The van der Waals surface area contributed by atoms with Gasteiger partial charge in [-0.25, -0.2) is 13.1 Å². The Kier molecular flexibility index (Phi) is 5.73. The number of sulfonamides is 1. The van der Waals surface area contributed by atoms with E-state index in [1.165, 1.54) is 24.3 Å². The number of primary amides is 1. The molecule has 132 valence electrons. The molecule has 0 atom stereocenters. The van der Waals surface area contributed by atoms with E-state index in [0.717, 1.165) is 0 Å². The van der Waals surface area contributed by atoms with Gasteiger partial charge in [0.05, 0.1) is 4.90 Å². The molecule has 0 spiro atoms. The van der Waals surface area contributed by atoms with Gasteiger partial charge >= 0.3 is 0 Å². The van der Waals surface area contributed by atoms with Gasteiger partial charge < -0.3 is 16.2 Å². The van der Waals surface area contributed by atoms with Crippen molar-refractivity contribution in [2.75, 3.05) is 13.2 Å². The molecule has 9 heteroatoms. The maximum absolute atomic E-state index is 12.1. The van der Waals surface area contributed by atoms with E-state index in [0.29, 0.717) is 11.3 Å². The van der Waals surface area contributed by atoms with Crippen molar-refractivity contribution >= 4 is 21.8 Å². The van der Waals surface area contributed by atoms with Crippen LogP contribution in [-0.2, 0) is 10.0 Å². The molecular formula is C16H18N4O4S. The number of carbonyl (C=O) groups is 1. The normalized spacial score (nSPS) is 11.0. The van der Waals surface area contributed by atoms with Crippen LogP contribution in [0.1, 0.15) is 15.9 Å². The summed E-state index contributed by atoms with van der Waals surface area (Å²) in [4.78, 5) is 11.0. The van der Waals surface area contributed by atoms with E-state index in [1.807, 2.05) is 0 Å². The van der Waals surface area contributed by atoms with Crippen LogP contribution in [-0.4, -0.2) is 33.3 Å². The van der Waals surface area contributed by atoms with Crippen LogP contribution in [0, 0.1) is 5.41 Å². The van der Waals surface area contributed by atoms with Gasteiger partial charge in [0.25, 0.3) is 0 Å². The van der Waals surface area contributed by atoms with Gasteiger partial charge in [-0.2, -0.15) is 0 Å². The van der Waals surface area contributed by atoms with E-state index in [2.05, 4.69) is 4.72 Å². The Morgan fingerprint density at radius 1 is 1.08 bits per heavy atom. The lowest BCUT2D eigenvalue weighted by Gasteiger charge is -2.09. The Labute approximate surface area is 145 Å². The highest BCUT2D eigenvalue weighted by Crippen LogP contribution is 2.13. The molecule has 0 aliphatic carbocycles. The molecule has 0 saturated heterocycles. The van der Waals surface area contributed by atoms with Gasteiger partial charge in [0, 0.05) is 17.7 Å². The van der Waals surface area contributed by atoms with Gasteiger partial charge in [0.1, 0.15) is 18.2 Å². The zero-order valence-electron chi connectivity index (χ0n) is 13.2. The van der Waals surface area contributed by atoms with Crippen molar-refractivity contribution in [2.24, 2.45) is 11.5 Å². The van der Waals surface area contributed by atoms with Crippen LogP contribution in [0.2, 0.25) is 0 Å². The molecule has 0 radical (unpaired) electrons. The molecule has 0 heterocycles. The third kappa shape index (κ3) is 5.03. The first-order valence-electron chi connectivity index (χ1n) is 7.26. The summed E-state index contributed by atoms with van der Waals surface area (Å²) in [6.07, 6.45) is 0. The van der Waals surface area contributed by atoms with Crippen molar-refractivity contribution < 1.29 is 17.9 Å². The van der Waals surface area contributed by atoms with Crippen molar-refractivity contribution in [1.29, 1.82) is 5.41 Å². The number of ether oxygens (including phenoxy) is 1. The summed E-state index contributed by atoms with van der Waals surface area (Å²) in [5.74, 6) is -0.221. The number of nitrogen functional groups attached to an aromatic ring is 1. The predicted octanol–water partition coefficient (Wildman–Crippen LogP) is 0.427. The highest BCUT2D eigenvalue weighted by atomic mass is 32.2. The molecule has 2 rings (SSSR count). The maximum Gasteiger partial charge on any atom is 0.248 e. The van der Waals surface area contributed by atoms with Crippen molar-refractivity contribution in [3.63, 3.8) is 0 Å². The van der Waals surface area contributed by atoms with Crippen LogP contribution in [0.4, 0.5) is 0 Å². The van der Waals surface area contributed by atoms with E-state index in [9.17, 15) is 13.2 Å². The van der Waals surface area contributed by atoms with Crippen molar-refractivity contribution in [3.8, 4) is 5.75 Å². The molecule has 2 aromatic carbocycles. The van der Waals surface area contributed by atoms with Gasteiger partial charge in [-0.3, -0.25) is 10.2 Å². The highest BCUT2D eigenvalue weighted by molar-refractivity contribution is 7.89. The molecule has 0 saturated carbocycles. The predicted molar refractivity (Wildman–Crippen MR) is 93.1 cm³/mol. The molecule has 0 aromatic heterocycles. The summed E-state index contributed by atoms with van der Waals surface area (Å²) in [6.45, 7) is 0.143. The second-order valence-corrected chi connectivity index (χ2v) is 6.84. The SMILES string of the molecule is N=C(N)c1cccc(OCCNS(=O)(=O)c2ccc(C(N)=O)cc2)c1. The molecule has 2 aromatic rings. The van der Waals surface area contributed by atoms with Crippen LogP contribution >= 0.6 is 0 Å². The summed E-state index contributed by atoms with van der Waals surface area (Å²) in [5, 5.41) is 7.37. The first kappa shape index (κ1) is 18.4. The van der Waals surface area contributed by atoms with Gasteiger partial charge in [0.2, 0.25) is 15.9 Å². The molecule has 1 amide bonds. The van der Waals surface area contributed by atoms with Gasteiger partial charge in [-0.05, 0) is 36.4 Å². The van der Waals surface area contributed by atoms with E-state index >= 15 is 0 Å². The minimum atomic E-state index is -3.72. The first-order valence-corrected chi connectivity index (χ1v) is 8.75. The number of amides is 1. The fourth-order valence-corrected chi connectivity index (χ4v) is 2.99. The zero-order chi connectivity index (χ0) is 18.4. The quantitative estimate of drug-likeness (QED) is 0.305. The largest absolute Gasteiger partial charge is 0.492 e. The average Bonchev–Trinajstić information content (AvgIpc) is 2.59. The molecule has 0 bridgehead atoms. The molecular weight excluding hydrogens is 344 g/mol. The minimum Gasteiger partial charge on any atom is -0.492 e. The maximum atomic E-state index is 12.1. The number of amidine groups is 1. The number of hydrogen-bond donors (Lipinski definition) is 4. The molecule has 0 aliphatic rings. The summed E-state index contributed by atoms with van der Waals surface area (Å²) in [6, 6.07) is 12.0. The lowest BCUT2D eigenvalue weighted by Crippen LogP contribution is -2.28. The van der Waals surface area contributed by atoms with Crippen molar-refractivity contribution in [2.45, 2.75) is 4.90 Å². The fourth-order valence-electron chi connectivity index (χ4n) is 1.98. The van der Waals surface area contributed by atoms with Crippen molar-refractivity contribution in [1.82, 2.24) is 4.72 Å². The van der Waals surface area contributed by atoms with E-state index in [1.54, 1.807) is 24.3 Å². The Balaban J connectivity index is 1.91. The van der Waals surface area contributed by atoms with E-state index in [-0.39, 0.29) is 29.4 Å². The second kappa shape index (κ2) is 7.77. The minimum absolute atomic E-state index is 0.0241. The number of rotatable bonds is 8. The summed E-state index contributed by atoms with van der Waals surface area (Å²) < 4.78 is 32.1. The fraction of sp³-hybridized carbons (Fsp3) is 0.125. The van der Waals surface area contributed by atoms with Crippen LogP contribution < -0.4 is 20.9 Å². The number of carbonyl (C=O) groups excluding carboxylic acids is 1. The highest BCUT2D eigenvalue weighted by Gasteiger charge is 2.14. The Morgan fingerprint density at radius 3 is 2.36 bits per heavy atom. The standard InChI is InChI=1S/C16H18N4O4S/c17-15(18)12-2-1-3-13(10-12)24-9-8-20-25(22,23)14-6-4-11(5-7-14)16(19)21/h1-7,10,20H,8-9H2,(H3,17,18)(H2,19,21). The van der Waals surface area contributed by atoms with Gasteiger partial charge in [-0.1, -0.05) is 12.1 Å². The van der Waals surface area contributed by atoms with Crippen LogP contribution in [0.3, 0.4) is 0 Å². The summed E-state index contributed by atoms with van der Waals surface area (Å²) in [5.41, 5.74) is 11.3. The Hall–Kier alpha value is -2.91. The van der Waals surface area contributed by atoms with E-state index < -0.39 is 15.9 Å². The van der Waals surface area contributed by atoms with E-state index in [4.69, 9.17) is 21.6 Å². The third-order valence-corrected chi connectivity index (χ3v) is 4.73. The average molecular weight is 362 g/mol. The first-order chi connectivity index (χ1) is 11.8. The van der Waals surface area contributed by atoms with Gasteiger partial charge in [0.15, 0.2) is 0 Å².